The van der Waals surface area contributed by atoms with E-state index < -0.39 is 0 Å². The Morgan fingerprint density at radius 1 is 1.24 bits per heavy atom. The number of hydrogen-bond donors (Lipinski definition) is 2. The second kappa shape index (κ2) is 6.24. The number of fused-ring (bicyclic) bond motifs is 1. The molecule has 1 saturated carbocycles. The van der Waals surface area contributed by atoms with Crippen LogP contribution in [0.3, 0.4) is 0 Å². The Morgan fingerprint density at radius 3 is 2.86 bits per heavy atom. The number of amides is 2. The highest BCUT2D eigenvalue weighted by Gasteiger charge is 2.25. The minimum absolute atomic E-state index is 0.121. The molecule has 0 radical (unpaired) electrons. The Labute approximate surface area is 125 Å². The molecule has 1 aliphatic carbocycles. The van der Waals surface area contributed by atoms with E-state index in [2.05, 4.69) is 17.6 Å². The van der Waals surface area contributed by atoms with Crippen molar-refractivity contribution in [2.45, 2.75) is 26.3 Å². The summed E-state index contributed by atoms with van der Waals surface area (Å²) in [5, 5.41) is 5.81. The van der Waals surface area contributed by atoms with Gasteiger partial charge in [0.25, 0.3) is 0 Å². The standard InChI is InChI=1S/C16H22N2O3/c1-11-7-12(8-11)9-17-16(19)18-10-13-3-2-4-14-15(13)21-6-5-20-14/h2-4,11-12H,5-10H2,1H3,(H2,17,18,19). The lowest BCUT2D eigenvalue weighted by molar-refractivity contribution is 0.169. The molecule has 5 heteroatoms. The number of rotatable bonds is 4. The third-order valence-electron chi connectivity index (χ3n) is 4.11. The van der Waals surface area contributed by atoms with E-state index in [0.717, 1.165) is 29.5 Å². The van der Waals surface area contributed by atoms with Gasteiger partial charge < -0.3 is 20.1 Å². The van der Waals surface area contributed by atoms with Crippen molar-refractivity contribution in [1.82, 2.24) is 10.6 Å². The van der Waals surface area contributed by atoms with Crippen LogP contribution in [0.1, 0.15) is 25.3 Å². The number of benzene rings is 1. The summed E-state index contributed by atoms with van der Waals surface area (Å²) >= 11 is 0. The number of carbonyl (C=O) groups excluding carboxylic acids is 1. The van der Waals surface area contributed by atoms with Crippen molar-refractivity contribution in [2.75, 3.05) is 19.8 Å². The van der Waals surface area contributed by atoms with E-state index in [9.17, 15) is 4.79 Å². The Kier molecular flexibility index (Phi) is 4.18. The molecule has 2 amide bonds. The van der Waals surface area contributed by atoms with Gasteiger partial charge in [-0.2, -0.15) is 0 Å². The van der Waals surface area contributed by atoms with E-state index in [1.54, 1.807) is 0 Å². The fraction of sp³-hybridized carbons (Fsp3) is 0.562. The second-order valence-corrected chi connectivity index (χ2v) is 5.95. The maximum atomic E-state index is 11.8. The van der Waals surface area contributed by atoms with Crippen LogP contribution in [0.25, 0.3) is 0 Å². The minimum atomic E-state index is -0.121. The summed E-state index contributed by atoms with van der Waals surface area (Å²) in [6, 6.07) is 5.62. The van der Waals surface area contributed by atoms with Gasteiger partial charge in [0.05, 0.1) is 0 Å². The van der Waals surface area contributed by atoms with Gasteiger partial charge in [-0.15, -0.1) is 0 Å². The number of nitrogens with one attached hydrogen (secondary N) is 2. The molecule has 5 nitrogen and oxygen atoms in total. The summed E-state index contributed by atoms with van der Waals surface area (Å²) in [7, 11) is 0. The summed E-state index contributed by atoms with van der Waals surface area (Å²) in [4.78, 5) is 11.8. The number of carbonyl (C=O) groups is 1. The molecule has 0 bridgehead atoms. The highest BCUT2D eigenvalue weighted by atomic mass is 16.6. The van der Waals surface area contributed by atoms with Crippen LogP contribution in [0.2, 0.25) is 0 Å². The molecule has 0 spiro atoms. The van der Waals surface area contributed by atoms with Gasteiger partial charge in [0.15, 0.2) is 11.5 Å². The van der Waals surface area contributed by atoms with Crippen LogP contribution in [0, 0.1) is 11.8 Å². The molecule has 0 aromatic heterocycles. The predicted octanol–water partition coefficient (Wildman–Crippen LogP) is 2.30. The molecule has 21 heavy (non-hydrogen) atoms. The first kappa shape index (κ1) is 14.0. The quantitative estimate of drug-likeness (QED) is 0.894. The van der Waals surface area contributed by atoms with Crippen molar-refractivity contribution >= 4 is 6.03 Å². The Balaban J connectivity index is 1.47. The molecule has 1 heterocycles. The third kappa shape index (κ3) is 3.40. The Hall–Kier alpha value is -1.91. The normalized spacial score (nSPS) is 23.1. The first-order valence-corrected chi connectivity index (χ1v) is 7.61. The average Bonchev–Trinajstić information content (AvgIpc) is 2.48. The zero-order valence-corrected chi connectivity index (χ0v) is 12.4. The molecule has 0 saturated heterocycles. The molecule has 3 rings (SSSR count). The first-order chi connectivity index (χ1) is 10.2. The van der Waals surface area contributed by atoms with Crippen LogP contribution in [-0.2, 0) is 6.54 Å². The van der Waals surface area contributed by atoms with E-state index in [1.165, 1.54) is 12.8 Å². The summed E-state index contributed by atoms with van der Waals surface area (Å²) in [5.74, 6) is 2.96. The summed E-state index contributed by atoms with van der Waals surface area (Å²) in [6.45, 7) is 4.58. The van der Waals surface area contributed by atoms with Crippen molar-refractivity contribution in [3.05, 3.63) is 23.8 Å². The monoisotopic (exact) mass is 290 g/mol. The highest BCUT2D eigenvalue weighted by Crippen LogP contribution is 2.33. The van der Waals surface area contributed by atoms with Gasteiger partial charge in [-0.05, 0) is 30.7 Å². The highest BCUT2D eigenvalue weighted by molar-refractivity contribution is 5.74. The summed E-state index contributed by atoms with van der Waals surface area (Å²) in [6.07, 6.45) is 2.44. The average molecular weight is 290 g/mol. The van der Waals surface area contributed by atoms with E-state index in [1.807, 2.05) is 18.2 Å². The van der Waals surface area contributed by atoms with E-state index in [4.69, 9.17) is 9.47 Å². The van der Waals surface area contributed by atoms with Crippen LogP contribution < -0.4 is 20.1 Å². The smallest absolute Gasteiger partial charge is 0.315 e. The minimum Gasteiger partial charge on any atom is -0.486 e. The van der Waals surface area contributed by atoms with Crippen molar-refractivity contribution in [2.24, 2.45) is 11.8 Å². The Morgan fingerprint density at radius 2 is 2.05 bits per heavy atom. The third-order valence-corrected chi connectivity index (χ3v) is 4.11. The van der Waals surface area contributed by atoms with Crippen LogP contribution >= 0.6 is 0 Å². The number of ether oxygens (including phenoxy) is 2. The number of hydrogen-bond acceptors (Lipinski definition) is 3. The lowest BCUT2D eigenvalue weighted by atomic mass is 9.76. The summed E-state index contributed by atoms with van der Waals surface area (Å²) < 4.78 is 11.2. The van der Waals surface area contributed by atoms with Gasteiger partial charge in [-0.1, -0.05) is 19.1 Å². The zero-order valence-electron chi connectivity index (χ0n) is 12.4. The molecular formula is C16H22N2O3. The van der Waals surface area contributed by atoms with E-state index in [0.29, 0.717) is 25.7 Å². The van der Waals surface area contributed by atoms with Crippen molar-refractivity contribution in [1.29, 1.82) is 0 Å². The van der Waals surface area contributed by atoms with Crippen molar-refractivity contribution in [3.63, 3.8) is 0 Å². The lowest BCUT2D eigenvalue weighted by Crippen LogP contribution is -2.40. The topological polar surface area (TPSA) is 59.6 Å². The maximum Gasteiger partial charge on any atom is 0.315 e. The van der Waals surface area contributed by atoms with Crippen LogP contribution in [0.5, 0.6) is 11.5 Å². The largest absolute Gasteiger partial charge is 0.486 e. The molecule has 1 aliphatic heterocycles. The number of urea groups is 1. The molecule has 2 N–H and O–H groups in total. The van der Waals surface area contributed by atoms with Gasteiger partial charge in [0.1, 0.15) is 13.2 Å². The van der Waals surface area contributed by atoms with Crippen LogP contribution in [0.15, 0.2) is 18.2 Å². The van der Waals surface area contributed by atoms with Crippen molar-refractivity contribution < 1.29 is 14.3 Å². The molecule has 1 aromatic carbocycles. The van der Waals surface area contributed by atoms with E-state index in [-0.39, 0.29) is 6.03 Å². The van der Waals surface area contributed by atoms with Gasteiger partial charge >= 0.3 is 6.03 Å². The summed E-state index contributed by atoms with van der Waals surface area (Å²) in [5.41, 5.74) is 0.944. The van der Waals surface area contributed by atoms with Gasteiger partial charge in [-0.25, -0.2) is 4.79 Å². The molecular weight excluding hydrogens is 268 g/mol. The van der Waals surface area contributed by atoms with Gasteiger partial charge in [0, 0.05) is 18.7 Å². The van der Waals surface area contributed by atoms with Crippen molar-refractivity contribution in [3.8, 4) is 11.5 Å². The maximum absolute atomic E-state index is 11.8. The van der Waals surface area contributed by atoms with Gasteiger partial charge in [-0.3, -0.25) is 0 Å². The Bertz CT molecular complexity index is 512. The molecule has 114 valence electrons. The zero-order chi connectivity index (χ0) is 14.7. The molecule has 2 aliphatic rings. The van der Waals surface area contributed by atoms with Gasteiger partial charge in [0.2, 0.25) is 0 Å². The fourth-order valence-corrected chi connectivity index (χ4v) is 2.98. The second-order valence-electron chi connectivity index (χ2n) is 5.95. The first-order valence-electron chi connectivity index (χ1n) is 7.61. The molecule has 0 unspecified atom stereocenters. The molecule has 1 fully saturated rings. The molecule has 0 atom stereocenters. The van der Waals surface area contributed by atoms with Crippen LogP contribution in [0.4, 0.5) is 4.79 Å². The lowest BCUT2D eigenvalue weighted by Gasteiger charge is -2.32. The fourth-order valence-electron chi connectivity index (χ4n) is 2.98. The number of para-hydroxylation sites is 1. The van der Waals surface area contributed by atoms with E-state index >= 15 is 0 Å². The predicted molar refractivity (Wildman–Crippen MR) is 79.6 cm³/mol. The molecule has 1 aromatic rings. The SMILES string of the molecule is CC1CC(CNC(=O)NCc2cccc3c2OCCO3)C1. The van der Waals surface area contributed by atoms with Crippen LogP contribution in [-0.4, -0.2) is 25.8 Å².